The van der Waals surface area contributed by atoms with Gasteiger partial charge in [0.1, 0.15) is 18.1 Å². The molecule has 2 aliphatic heterocycles. The third-order valence-electron chi connectivity index (χ3n) is 5.69. The molecule has 4 heterocycles. The molecule has 2 aliphatic rings. The minimum Gasteiger partial charge on any atom is -0.474 e. The van der Waals surface area contributed by atoms with Crippen LogP contribution in [0, 0.1) is 12.7 Å². The van der Waals surface area contributed by atoms with Gasteiger partial charge >= 0.3 is 6.09 Å². The highest BCUT2D eigenvalue weighted by molar-refractivity contribution is 5.99. The molecule has 0 radical (unpaired) electrons. The van der Waals surface area contributed by atoms with Gasteiger partial charge in [-0.05, 0) is 30.0 Å². The number of benzene rings is 1. The number of carbonyl (C=O) groups is 1. The lowest BCUT2D eigenvalue weighted by Crippen LogP contribution is -2.29. The summed E-state index contributed by atoms with van der Waals surface area (Å²) in [6, 6.07) is 3.15. The lowest BCUT2D eigenvalue weighted by atomic mass is 9.97. The average Bonchev–Trinajstić information content (AvgIpc) is 3.21. The number of carbonyl (C=O) groups excluding carboxylic acids is 1. The van der Waals surface area contributed by atoms with Crippen molar-refractivity contribution in [2.75, 3.05) is 42.7 Å². The molecule has 0 spiro atoms. The Morgan fingerprint density at radius 3 is 2.91 bits per heavy atom. The second-order valence-electron chi connectivity index (χ2n) is 7.82. The Labute approximate surface area is 187 Å². The van der Waals surface area contributed by atoms with Gasteiger partial charge in [0.15, 0.2) is 18.1 Å². The first-order valence-electron chi connectivity index (χ1n) is 10.4. The highest BCUT2D eigenvalue weighted by atomic mass is 19.1. The smallest absolute Gasteiger partial charge is 0.413 e. The molecule has 5 rings (SSSR count). The predicted octanol–water partition coefficient (Wildman–Crippen LogP) is 3.42. The number of amides is 1. The SMILES string of the molecule is Cc1c(-c2cc3cc(NC(=O)OC4COCC4F)ncc3c(N)c2F)cnc2c1NCCO2. The van der Waals surface area contributed by atoms with Crippen molar-refractivity contribution < 1.29 is 27.8 Å². The fourth-order valence-corrected chi connectivity index (χ4v) is 3.94. The molecule has 3 aromatic rings. The summed E-state index contributed by atoms with van der Waals surface area (Å²) in [5, 5.41) is 6.61. The number of fused-ring (bicyclic) bond motifs is 2. The summed E-state index contributed by atoms with van der Waals surface area (Å²) in [5.41, 5.74) is 8.29. The number of anilines is 3. The van der Waals surface area contributed by atoms with Gasteiger partial charge in [-0.25, -0.2) is 23.5 Å². The van der Waals surface area contributed by atoms with Crippen molar-refractivity contribution in [2.45, 2.75) is 19.2 Å². The zero-order valence-corrected chi connectivity index (χ0v) is 17.7. The number of aromatic nitrogens is 2. The lowest BCUT2D eigenvalue weighted by molar-refractivity contribution is 0.0731. The van der Waals surface area contributed by atoms with Crippen LogP contribution in [0.15, 0.2) is 24.5 Å². The molecule has 33 heavy (non-hydrogen) atoms. The number of pyridine rings is 2. The van der Waals surface area contributed by atoms with E-state index in [1.807, 2.05) is 6.92 Å². The highest BCUT2D eigenvalue weighted by Gasteiger charge is 2.31. The zero-order valence-electron chi connectivity index (χ0n) is 17.7. The van der Waals surface area contributed by atoms with E-state index in [0.717, 1.165) is 5.56 Å². The summed E-state index contributed by atoms with van der Waals surface area (Å²) in [4.78, 5) is 20.5. The molecule has 2 aromatic heterocycles. The Bertz CT molecular complexity index is 1260. The van der Waals surface area contributed by atoms with Crippen molar-refractivity contribution >= 4 is 34.1 Å². The average molecular weight is 457 g/mol. The van der Waals surface area contributed by atoms with E-state index in [4.69, 9.17) is 19.9 Å². The minimum atomic E-state index is -1.38. The molecule has 1 amide bonds. The second kappa shape index (κ2) is 8.32. The van der Waals surface area contributed by atoms with E-state index in [2.05, 4.69) is 20.6 Å². The van der Waals surface area contributed by atoms with Crippen LogP contribution in [-0.4, -0.2) is 54.7 Å². The third-order valence-corrected chi connectivity index (χ3v) is 5.69. The molecule has 1 saturated heterocycles. The number of alkyl halides is 1. The Kier molecular flexibility index (Phi) is 5.33. The maximum absolute atomic E-state index is 15.2. The van der Waals surface area contributed by atoms with Crippen LogP contribution in [0.1, 0.15) is 5.56 Å². The molecule has 9 nitrogen and oxygen atoms in total. The third kappa shape index (κ3) is 3.84. The van der Waals surface area contributed by atoms with E-state index in [-0.39, 0.29) is 30.3 Å². The predicted molar refractivity (Wildman–Crippen MR) is 118 cm³/mol. The summed E-state index contributed by atoms with van der Waals surface area (Å²) in [5.74, 6) is 0.0180. The molecule has 0 bridgehead atoms. The van der Waals surface area contributed by atoms with Gasteiger partial charge in [-0.3, -0.25) is 5.32 Å². The molecule has 0 saturated carbocycles. The number of hydrogen-bond donors (Lipinski definition) is 3. The van der Waals surface area contributed by atoms with E-state index < -0.39 is 24.2 Å². The molecule has 11 heteroatoms. The highest BCUT2D eigenvalue weighted by Crippen LogP contribution is 2.39. The topological polar surface area (TPSA) is 121 Å². The molecule has 4 N–H and O–H groups in total. The number of nitrogens with one attached hydrogen (secondary N) is 2. The van der Waals surface area contributed by atoms with E-state index in [9.17, 15) is 9.18 Å². The fourth-order valence-electron chi connectivity index (χ4n) is 3.94. The Balaban J connectivity index is 1.48. The van der Waals surface area contributed by atoms with Gasteiger partial charge in [-0.2, -0.15) is 0 Å². The van der Waals surface area contributed by atoms with Crippen LogP contribution in [-0.2, 0) is 9.47 Å². The van der Waals surface area contributed by atoms with E-state index in [1.54, 1.807) is 12.3 Å². The quantitative estimate of drug-likeness (QED) is 0.512. The van der Waals surface area contributed by atoms with Crippen molar-refractivity contribution in [2.24, 2.45) is 0 Å². The number of ether oxygens (including phenoxy) is 3. The van der Waals surface area contributed by atoms with Gasteiger partial charge in [0, 0.05) is 35.5 Å². The summed E-state index contributed by atoms with van der Waals surface area (Å²) in [6.45, 7) is 2.85. The van der Waals surface area contributed by atoms with Crippen molar-refractivity contribution in [3.63, 3.8) is 0 Å². The van der Waals surface area contributed by atoms with Gasteiger partial charge < -0.3 is 25.3 Å². The van der Waals surface area contributed by atoms with Crippen LogP contribution in [0.3, 0.4) is 0 Å². The monoisotopic (exact) mass is 457 g/mol. The lowest BCUT2D eigenvalue weighted by Gasteiger charge is -2.22. The summed E-state index contributed by atoms with van der Waals surface area (Å²) < 4.78 is 44.4. The van der Waals surface area contributed by atoms with Crippen LogP contribution < -0.4 is 21.1 Å². The van der Waals surface area contributed by atoms with Crippen LogP contribution in [0.2, 0.25) is 0 Å². The molecule has 1 fully saturated rings. The van der Waals surface area contributed by atoms with Crippen molar-refractivity contribution in [1.29, 1.82) is 0 Å². The number of rotatable bonds is 3. The normalized spacial score (nSPS) is 19.5. The van der Waals surface area contributed by atoms with Gasteiger partial charge in [0.25, 0.3) is 0 Å². The molecule has 0 aliphatic carbocycles. The summed E-state index contributed by atoms with van der Waals surface area (Å²) in [6.07, 6.45) is -0.314. The molecule has 2 unspecified atom stereocenters. The molecular weight excluding hydrogens is 436 g/mol. The van der Waals surface area contributed by atoms with Gasteiger partial charge in [0.05, 0.1) is 18.9 Å². The molecule has 2 atom stereocenters. The molecule has 172 valence electrons. The number of nitrogens with two attached hydrogens (primary N) is 1. The van der Waals surface area contributed by atoms with E-state index in [1.165, 1.54) is 12.3 Å². The largest absolute Gasteiger partial charge is 0.474 e. The van der Waals surface area contributed by atoms with Crippen LogP contribution in [0.5, 0.6) is 5.88 Å². The van der Waals surface area contributed by atoms with Crippen molar-refractivity contribution in [3.8, 4) is 17.0 Å². The minimum absolute atomic E-state index is 0.00698. The number of hydrogen-bond acceptors (Lipinski definition) is 8. The first-order chi connectivity index (χ1) is 15.9. The summed E-state index contributed by atoms with van der Waals surface area (Å²) >= 11 is 0. The fraction of sp³-hybridized carbons (Fsp3) is 0.318. The molecule has 1 aromatic carbocycles. The number of nitrogens with zero attached hydrogens (tertiary/aromatic N) is 2. The van der Waals surface area contributed by atoms with Crippen LogP contribution in [0.4, 0.5) is 30.8 Å². The Morgan fingerprint density at radius 1 is 1.27 bits per heavy atom. The standard InChI is InChI=1S/C22H21F2N5O4/c1-10-13(6-28-21-20(10)26-2-3-32-21)12-4-11-5-17(27-7-14(11)19(25)18(12)24)29-22(30)33-16-9-31-8-15(16)23/h4-7,15-16,26H,2-3,8-9,25H2,1H3,(H,27,29,30). The maximum atomic E-state index is 15.2. The van der Waals surface area contributed by atoms with Crippen molar-refractivity contribution in [1.82, 2.24) is 9.97 Å². The second-order valence-corrected chi connectivity index (χ2v) is 7.82. The Hall–Kier alpha value is -3.73. The first-order valence-corrected chi connectivity index (χ1v) is 10.4. The van der Waals surface area contributed by atoms with Crippen molar-refractivity contribution in [3.05, 3.63) is 35.9 Å². The Morgan fingerprint density at radius 2 is 2.12 bits per heavy atom. The van der Waals surface area contributed by atoms with Crippen LogP contribution in [0.25, 0.3) is 21.9 Å². The first kappa shape index (κ1) is 21.1. The number of halogens is 2. The van der Waals surface area contributed by atoms with Gasteiger partial charge in [0.2, 0.25) is 5.88 Å². The zero-order chi connectivity index (χ0) is 23.1. The number of nitrogen functional groups attached to an aromatic ring is 1. The van der Waals surface area contributed by atoms with Gasteiger partial charge in [-0.1, -0.05) is 0 Å². The van der Waals surface area contributed by atoms with E-state index >= 15 is 4.39 Å². The van der Waals surface area contributed by atoms with Crippen LogP contribution >= 0.6 is 0 Å². The van der Waals surface area contributed by atoms with Gasteiger partial charge in [-0.15, -0.1) is 0 Å². The summed E-state index contributed by atoms with van der Waals surface area (Å²) in [7, 11) is 0. The maximum Gasteiger partial charge on any atom is 0.413 e. The molecular formula is C22H21F2N5O4. The van der Waals surface area contributed by atoms with E-state index in [0.29, 0.717) is 41.1 Å².